The highest BCUT2D eigenvalue weighted by Gasteiger charge is 2.09. The predicted molar refractivity (Wildman–Crippen MR) is 69.1 cm³/mol. The van der Waals surface area contributed by atoms with E-state index >= 15 is 0 Å². The molecule has 4 N–H and O–H groups in total. The predicted octanol–water partition coefficient (Wildman–Crippen LogP) is 0.765. The van der Waals surface area contributed by atoms with Crippen LogP contribution in [0.5, 0.6) is 0 Å². The molecule has 0 unspecified atom stereocenters. The molecule has 94 valence electrons. The Kier molecular flexibility index (Phi) is 4.78. The van der Waals surface area contributed by atoms with Crippen molar-refractivity contribution < 1.29 is 9.90 Å². The van der Waals surface area contributed by atoms with Gasteiger partial charge < -0.3 is 21.1 Å². The lowest BCUT2D eigenvalue weighted by Gasteiger charge is -2.13. The van der Waals surface area contributed by atoms with Crippen LogP contribution in [0.2, 0.25) is 0 Å². The molecule has 1 aromatic carbocycles. The largest absolute Gasteiger partial charge is 0.397 e. The zero-order valence-corrected chi connectivity index (χ0v) is 10.2. The third kappa shape index (κ3) is 3.64. The molecule has 17 heavy (non-hydrogen) atoms. The molecule has 0 bridgehead atoms. The van der Waals surface area contributed by atoms with E-state index in [-0.39, 0.29) is 12.5 Å². The van der Waals surface area contributed by atoms with E-state index < -0.39 is 0 Å². The summed E-state index contributed by atoms with van der Waals surface area (Å²) in [5.41, 5.74) is 7.71. The number of nitrogens with one attached hydrogen (secondary N) is 1. The van der Waals surface area contributed by atoms with E-state index in [0.29, 0.717) is 24.2 Å². The standard InChI is InChI=1S/C12H19N3O2/c1-15(2)12(17)9-4-5-10(13)11(8-9)14-6-3-7-16/h4-5,8,14,16H,3,6-7,13H2,1-2H3. The van der Waals surface area contributed by atoms with Crippen LogP contribution in [0.4, 0.5) is 11.4 Å². The Morgan fingerprint density at radius 1 is 1.47 bits per heavy atom. The molecule has 0 atom stereocenters. The lowest BCUT2D eigenvalue weighted by atomic mass is 10.1. The van der Waals surface area contributed by atoms with Crippen molar-refractivity contribution in [2.24, 2.45) is 0 Å². The van der Waals surface area contributed by atoms with Crippen LogP contribution < -0.4 is 11.1 Å². The van der Waals surface area contributed by atoms with Crippen LogP contribution in [-0.2, 0) is 0 Å². The fourth-order valence-corrected chi connectivity index (χ4v) is 1.40. The van der Waals surface area contributed by atoms with Gasteiger partial charge in [0.15, 0.2) is 0 Å². The molecule has 1 rings (SSSR count). The molecule has 0 saturated carbocycles. The molecule has 1 amide bonds. The van der Waals surface area contributed by atoms with Crippen molar-refractivity contribution in [1.29, 1.82) is 0 Å². The Hall–Kier alpha value is -1.75. The Labute approximate surface area is 101 Å². The van der Waals surface area contributed by atoms with E-state index in [2.05, 4.69) is 5.32 Å². The SMILES string of the molecule is CN(C)C(=O)c1ccc(N)c(NCCCO)c1. The van der Waals surface area contributed by atoms with Crippen molar-refractivity contribution in [2.75, 3.05) is 38.3 Å². The highest BCUT2D eigenvalue weighted by molar-refractivity contribution is 5.95. The topological polar surface area (TPSA) is 78.6 Å². The first kappa shape index (κ1) is 13.3. The highest BCUT2D eigenvalue weighted by Crippen LogP contribution is 2.20. The summed E-state index contributed by atoms with van der Waals surface area (Å²) < 4.78 is 0. The lowest BCUT2D eigenvalue weighted by molar-refractivity contribution is 0.0827. The molecular formula is C12H19N3O2. The van der Waals surface area contributed by atoms with Gasteiger partial charge in [-0.05, 0) is 24.6 Å². The summed E-state index contributed by atoms with van der Waals surface area (Å²) in [6.07, 6.45) is 0.644. The Morgan fingerprint density at radius 2 is 2.18 bits per heavy atom. The van der Waals surface area contributed by atoms with E-state index in [4.69, 9.17) is 10.8 Å². The number of hydrogen-bond acceptors (Lipinski definition) is 4. The first-order valence-corrected chi connectivity index (χ1v) is 5.52. The molecule has 0 aromatic heterocycles. The van der Waals surface area contributed by atoms with E-state index in [1.165, 1.54) is 4.90 Å². The number of aliphatic hydroxyl groups is 1. The van der Waals surface area contributed by atoms with Crippen molar-refractivity contribution in [3.05, 3.63) is 23.8 Å². The van der Waals surface area contributed by atoms with Gasteiger partial charge in [-0.3, -0.25) is 4.79 Å². The van der Waals surface area contributed by atoms with Crippen LogP contribution in [0.3, 0.4) is 0 Å². The molecule has 5 heteroatoms. The van der Waals surface area contributed by atoms with Gasteiger partial charge in [0.25, 0.3) is 5.91 Å². The molecule has 1 aromatic rings. The average Bonchev–Trinajstić information content (AvgIpc) is 2.30. The maximum absolute atomic E-state index is 11.8. The maximum atomic E-state index is 11.8. The summed E-state index contributed by atoms with van der Waals surface area (Å²) in [7, 11) is 3.41. The molecule has 0 spiro atoms. The number of benzene rings is 1. The number of rotatable bonds is 5. The van der Waals surface area contributed by atoms with Crippen LogP contribution in [0.1, 0.15) is 16.8 Å². The number of nitrogens with zero attached hydrogens (tertiary/aromatic N) is 1. The molecule has 0 aliphatic heterocycles. The number of carbonyl (C=O) groups excluding carboxylic acids is 1. The van der Waals surface area contributed by atoms with Crippen molar-refractivity contribution in [3.8, 4) is 0 Å². The summed E-state index contributed by atoms with van der Waals surface area (Å²) in [5.74, 6) is -0.0600. The molecule has 0 heterocycles. The minimum absolute atomic E-state index is 0.0600. The quantitative estimate of drug-likeness (QED) is 0.522. The van der Waals surface area contributed by atoms with E-state index in [1.54, 1.807) is 32.3 Å². The zero-order valence-electron chi connectivity index (χ0n) is 10.2. The van der Waals surface area contributed by atoms with Gasteiger partial charge in [-0.2, -0.15) is 0 Å². The van der Waals surface area contributed by atoms with Crippen molar-refractivity contribution in [2.45, 2.75) is 6.42 Å². The second kappa shape index (κ2) is 6.10. The third-order valence-corrected chi connectivity index (χ3v) is 2.36. The number of amides is 1. The normalized spacial score (nSPS) is 10.1. The third-order valence-electron chi connectivity index (χ3n) is 2.36. The lowest BCUT2D eigenvalue weighted by Crippen LogP contribution is -2.21. The fraction of sp³-hybridized carbons (Fsp3) is 0.417. The second-order valence-corrected chi connectivity index (χ2v) is 4.01. The molecule has 0 aliphatic rings. The summed E-state index contributed by atoms with van der Waals surface area (Å²) in [5, 5.41) is 11.8. The van der Waals surface area contributed by atoms with Crippen LogP contribution in [0.25, 0.3) is 0 Å². The van der Waals surface area contributed by atoms with Gasteiger partial charge in [0, 0.05) is 32.8 Å². The van der Waals surface area contributed by atoms with Gasteiger partial charge in [-0.15, -0.1) is 0 Å². The number of nitrogens with two attached hydrogens (primary N) is 1. The number of hydrogen-bond donors (Lipinski definition) is 3. The van der Waals surface area contributed by atoms with E-state index in [1.807, 2.05) is 0 Å². The van der Waals surface area contributed by atoms with Crippen molar-refractivity contribution in [3.63, 3.8) is 0 Å². The molecule has 0 aliphatic carbocycles. The Bertz CT molecular complexity index is 391. The minimum atomic E-state index is -0.0600. The average molecular weight is 237 g/mol. The van der Waals surface area contributed by atoms with E-state index in [9.17, 15) is 4.79 Å². The summed E-state index contributed by atoms with van der Waals surface area (Å²) in [6.45, 7) is 0.754. The number of nitrogen functional groups attached to an aromatic ring is 1. The van der Waals surface area contributed by atoms with Gasteiger partial charge in [0.1, 0.15) is 0 Å². The van der Waals surface area contributed by atoms with Crippen molar-refractivity contribution >= 4 is 17.3 Å². The fourth-order valence-electron chi connectivity index (χ4n) is 1.40. The summed E-state index contributed by atoms with van der Waals surface area (Å²) in [6, 6.07) is 5.14. The molecular weight excluding hydrogens is 218 g/mol. The van der Waals surface area contributed by atoms with Crippen LogP contribution in [-0.4, -0.2) is 43.2 Å². The first-order valence-electron chi connectivity index (χ1n) is 5.52. The number of aliphatic hydroxyl groups excluding tert-OH is 1. The minimum Gasteiger partial charge on any atom is -0.397 e. The Balaban J connectivity index is 2.83. The second-order valence-electron chi connectivity index (χ2n) is 4.01. The van der Waals surface area contributed by atoms with Gasteiger partial charge in [-0.25, -0.2) is 0 Å². The molecule has 0 fully saturated rings. The number of anilines is 2. The van der Waals surface area contributed by atoms with Gasteiger partial charge in [0.05, 0.1) is 11.4 Å². The Morgan fingerprint density at radius 3 is 2.76 bits per heavy atom. The van der Waals surface area contributed by atoms with Crippen LogP contribution >= 0.6 is 0 Å². The first-order chi connectivity index (χ1) is 8.06. The summed E-state index contributed by atoms with van der Waals surface area (Å²) in [4.78, 5) is 13.3. The highest BCUT2D eigenvalue weighted by atomic mass is 16.3. The van der Waals surface area contributed by atoms with Gasteiger partial charge in [-0.1, -0.05) is 0 Å². The zero-order chi connectivity index (χ0) is 12.8. The smallest absolute Gasteiger partial charge is 0.253 e. The van der Waals surface area contributed by atoms with Gasteiger partial charge >= 0.3 is 0 Å². The van der Waals surface area contributed by atoms with Crippen molar-refractivity contribution in [1.82, 2.24) is 4.90 Å². The summed E-state index contributed by atoms with van der Waals surface area (Å²) >= 11 is 0. The van der Waals surface area contributed by atoms with Crippen LogP contribution in [0.15, 0.2) is 18.2 Å². The molecule has 0 radical (unpaired) electrons. The van der Waals surface area contributed by atoms with Gasteiger partial charge in [0.2, 0.25) is 0 Å². The molecule has 5 nitrogen and oxygen atoms in total. The monoisotopic (exact) mass is 237 g/mol. The maximum Gasteiger partial charge on any atom is 0.253 e. The van der Waals surface area contributed by atoms with E-state index in [0.717, 1.165) is 5.69 Å². The van der Waals surface area contributed by atoms with Crippen LogP contribution in [0, 0.1) is 0 Å². The molecule has 0 saturated heterocycles. The number of carbonyl (C=O) groups is 1.